The minimum absolute atomic E-state index is 0.354. The van der Waals surface area contributed by atoms with Crippen LogP contribution in [0.4, 0.5) is 0 Å². The van der Waals surface area contributed by atoms with Gasteiger partial charge in [0.05, 0.1) is 0 Å². The Kier molecular flexibility index (Phi) is 5.06. The molecule has 0 spiro atoms. The summed E-state index contributed by atoms with van der Waals surface area (Å²) in [4.78, 5) is 12.2. The van der Waals surface area contributed by atoms with Crippen molar-refractivity contribution in [2.24, 2.45) is 0 Å². The standard InChI is InChI=1S/C25H19O2P/c26-25(27)23-18-10-11-19-24(23)28(20-12-4-1-5-13-20,21-14-6-2-7-15-21)22-16-8-3-9-17-22/h1-19H/p+1. The number of benzene rings is 4. The van der Waals surface area contributed by atoms with Gasteiger partial charge in [-0.2, -0.15) is 0 Å². The van der Waals surface area contributed by atoms with Crippen LogP contribution in [0.15, 0.2) is 115 Å². The molecular weight excluding hydrogens is 363 g/mol. The minimum atomic E-state index is -2.38. The minimum Gasteiger partial charge on any atom is -0.478 e. The molecule has 1 N–H and O–H groups in total. The Labute approximate surface area is 165 Å². The van der Waals surface area contributed by atoms with E-state index in [2.05, 4.69) is 36.4 Å². The first-order chi connectivity index (χ1) is 13.7. The molecule has 4 rings (SSSR count). The molecule has 4 aromatic rings. The Morgan fingerprint density at radius 3 is 1.29 bits per heavy atom. The van der Waals surface area contributed by atoms with Gasteiger partial charge >= 0.3 is 5.97 Å². The van der Waals surface area contributed by atoms with Crippen molar-refractivity contribution < 1.29 is 9.90 Å². The van der Waals surface area contributed by atoms with Gasteiger partial charge in [-0.25, -0.2) is 4.79 Å². The van der Waals surface area contributed by atoms with Crippen LogP contribution >= 0.6 is 7.26 Å². The summed E-state index contributed by atoms with van der Waals surface area (Å²) < 4.78 is 0. The largest absolute Gasteiger partial charge is 0.478 e. The number of hydrogen-bond acceptors (Lipinski definition) is 1. The predicted octanol–water partition coefficient (Wildman–Crippen LogP) is 4.00. The molecule has 0 heterocycles. The lowest BCUT2D eigenvalue weighted by molar-refractivity contribution is 0.0698. The van der Waals surface area contributed by atoms with Crippen LogP contribution in [0, 0.1) is 0 Å². The first-order valence-electron chi connectivity index (χ1n) is 9.13. The number of carbonyl (C=O) groups is 1. The van der Waals surface area contributed by atoms with E-state index in [4.69, 9.17) is 0 Å². The zero-order valence-electron chi connectivity index (χ0n) is 15.3. The van der Waals surface area contributed by atoms with Crippen LogP contribution in [0.1, 0.15) is 10.4 Å². The van der Waals surface area contributed by atoms with Gasteiger partial charge in [0.2, 0.25) is 0 Å². The van der Waals surface area contributed by atoms with Crippen LogP contribution in [-0.2, 0) is 0 Å². The second-order valence-electron chi connectivity index (χ2n) is 6.50. The molecule has 28 heavy (non-hydrogen) atoms. The molecule has 3 heteroatoms. The Balaban J connectivity index is 2.19. The molecule has 0 saturated carbocycles. The quantitative estimate of drug-likeness (QED) is 0.529. The highest BCUT2D eigenvalue weighted by atomic mass is 31.2. The van der Waals surface area contributed by atoms with E-state index in [1.807, 2.05) is 66.7 Å². The van der Waals surface area contributed by atoms with Crippen LogP contribution in [0.3, 0.4) is 0 Å². The van der Waals surface area contributed by atoms with Crippen molar-refractivity contribution in [2.45, 2.75) is 0 Å². The van der Waals surface area contributed by atoms with Gasteiger partial charge in [-0.3, -0.25) is 0 Å². The van der Waals surface area contributed by atoms with Crippen LogP contribution in [-0.4, -0.2) is 11.1 Å². The first kappa shape index (κ1) is 18.2. The van der Waals surface area contributed by atoms with Gasteiger partial charge in [-0.1, -0.05) is 66.7 Å². The fourth-order valence-corrected chi connectivity index (χ4v) is 8.19. The summed E-state index contributed by atoms with van der Waals surface area (Å²) in [6.45, 7) is 0. The summed E-state index contributed by atoms with van der Waals surface area (Å²) in [5.74, 6) is -0.900. The van der Waals surface area contributed by atoms with Crippen molar-refractivity contribution in [3.8, 4) is 0 Å². The average molecular weight is 383 g/mol. The number of aromatic carboxylic acids is 1. The molecule has 2 nitrogen and oxygen atoms in total. The summed E-state index contributed by atoms with van der Waals surface area (Å²) in [6.07, 6.45) is 0. The van der Waals surface area contributed by atoms with Crippen LogP contribution in [0.5, 0.6) is 0 Å². The topological polar surface area (TPSA) is 37.3 Å². The maximum Gasteiger partial charge on any atom is 0.339 e. The lowest BCUT2D eigenvalue weighted by atomic mass is 10.2. The molecule has 0 saturated heterocycles. The highest BCUT2D eigenvalue weighted by Gasteiger charge is 2.49. The van der Waals surface area contributed by atoms with Crippen LogP contribution in [0.25, 0.3) is 0 Å². The molecule has 0 aliphatic rings. The molecule has 0 amide bonds. The normalized spacial score (nSPS) is 11.1. The maximum absolute atomic E-state index is 12.2. The molecule has 0 bridgehead atoms. The molecule has 0 radical (unpaired) electrons. The highest BCUT2D eigenvalue weighted by Crippen LogP contribution is 2.54. The van der Waals surface area contributed by atoms with Crippen molar-refractivity contribution in [1.29, 1.82) is 0 Å². The molecule has 0 aliphatic carbocycles. The van der Waals surface area contributed by atoms with Gasteiger partial charge in [-0.15, -0.1) is 0 Å². The smallest absolute Gasteiger partial charge is 0.339 e. The van der Waals surface area contributed by atoms with Gasteiger partial charge < -0.3 is 5.11 Å². The molecule has 0 aliphatic heterocycles. The van der Waals surface area contributed by atoms with E-state index in [9.17, 15) is 9.90 Å². The predicted molar refractivity (Wildman–Crippen MR) is 118 cm³/mol. The third-order valence-electron chi connectivity index (χ3n) is 4.93. The fourth-order valence-electron chi connectivity index (χ4n) is 3.77. The number of hydrogen-bond donors (Lipinski definition) is 1. The van der Waals surface area contributed by atoms with E-state index >= 15 is 0 Å². The molecule has 0 atom stereocenters. The van der Waals surface area contributed by atoms with E-state index in [0.717, 1.165) is 21.2 Å². The first-order valence-corrected chi connectivity index (χ1v) is 10.9. The maximum atomic E-state index is 12.2. The molecular formula is C25H20O2P+. The van der Waals surface area contributed by atoms with Crippen molar-refractivity contribution in [2.75, 3.05) is 0 Å². The van der Waals surface area contributed by atoms with E-state index in [1.54, 1.807) is 12.1 Å². The van der Waals surface area contributed by atoms with E-state index < -0.39 is 13.2 Å². The summed E-state index contributed by atoms with van der Waals surface area (Å²) in [5.41, 5.74) is 0.354. The van der Waals surface area contributed by atoms with Crippen molar-refractivity contribution in [3.63, 3.8) is 0 Å². The van der Waals surface area contributed by atoms with Crippen molar-refractivity contribution in [1.82, 2.24) is 0 Å². The van der Waals surface area contributed by atoms with Gasteiger partial charge in [0.1, 0.15) is 34.0 Å². The number of rotatable bonds is 5. The third-order valence-corrected chi connectivity index (χ3v) is 9.26. The van der Waals surface area contributed by atoms with Crippen LogP contribution in [0.2, 0.25) is 0 Å². The lowest BCUT2D eigenvalue weighted by Crippen LogP contribution is -2.40. The van der Waals surface area contributed by atoms with Gasteiger partial charge in [-0.05, 0) is 48.5 Å². The monoisotopic (exact) mass is 383 g/mol. The van der Waals surface area contributed by atoms with E-state index in [0.29, 0.717) is 5.56 Å². The zero-order valence-corrected chi connectivity index (χ0v) is 16.2. The van der Waals surface area contributed by atoms with E-state index in [-0.39, 0.29) is 0 Å². The average Bonchev–Trinajstić information content (AvgIpc) is 2.77. The molecule has 0 unspecified atom stereocenters. The number of carboxylic acids is 1. The molecule has 136 valence electrons. The molecule has 4 aromatic carbocycles. The van der Waals surface area contributed by atoms with Gasteiger partial charge in [0.15, 0.2) is 0 Å². The molecule has 0 fully saturated rings. The highest BCUT2D eigenvalue weighted by molar-refractivity contribution is 8.01. The number of carboxylic acid groups (broad SMARTS) is 1. The van der Waals surface area contributed by atoms with Gasteiger partial charge in [0, 0.05) is 0 Å². The summed E-state index contributed by atoms with van der Waals surface area (Å²) in [7, 11) is -2.38. The lowest BCUT2D eigenvalue weighted by Gasteiger charge is -2.28. The summed E-state index contributed by atoms with van der Waals surface area (Å²) in [6, 6.07) is 38.3. The molecule has 0 aromatic heterocycles. The fraction of sp³-hybridized carbons (Fsp3) is 0. The van der Waals surface area contributed by atoms with E-state index in [1.165, 1.54) is 0 Å². The second kappa shape index (κ2) is 7.80. The van der Waals surface area contributed by atoms with Crippen LogP contribution < -0.4 is 21.2 Å². The Morgan fingerprint density at radius 2 is 0.893 bits per heavy atom. The van der Waals surface area contributed by atoms with Crippen molar-refractivity contribution in [3.05, 3.63) is 121 Å². The van der Waals surface area contributed by atoms with Crippen molar-refractivity contribution >= 4 is 34.4 Å². The summed E-state index contributed by atoms with van der Waals surface area (Å²) in [5, 5.41) is 14.3. The zero-order chi connectivity index (χ0) is 19.4. The third kappa shape index (κ3) is 3.02. The second-order valence-corrected chi connectivity index (χ2v) is 9.87. The summed E-state index contributed by atoms with van der Waals surface area (Å²) >= 11 is 0. The Morgan fingerprint density at radius 1 is 0.536 bits per heavy atom. The Hall–Kier alpha value is -3.22. The van der Waals surface area contributed by atoms with Gasteiger partial charge in [0.25, 0.3) is 0 Å². The SMILES string of the molecule is O=C(O)c1ccccc1[P+](c1ccccc1)(c1ccccc1)c1ccccc1. The Bertz CT molecular complexity index is 980.